The van der Waals surface area contributed by atoms with Crippen LogP contribution in [-0.2, 0) is 9.47 Å². The molecular weight excluding hydrogens is 296 g/mol. The van der Waals surface area contributed by atoms with Gasteiger partial charge in [-0.1, -0.05) is 0 Å². The molecule has 2 saturated heterocycles. The number of H-pyrrole nitrogens is 1. The highest BCUT2D eigenvalue weighted by Crippen LogP contribution is 2.34. The Bertz CT molecular complexity index is 563. The van der Waals surface area contributed by atoms with Crippen molar-refractivity contribution in [3.05, 3.63) is 22.1 Å². The number of ether oxygens (including phenoxy) is 2. The van der Waals surface area contributed by atoms with Crippen LogP contribution in [0.5, 0.6) is 0 Å². The van der Waals surface area contributed by atoms with E-state index in [1.165, 1.54) is 6.07 Å². The number of nitrogens with one attached hydrogen (secondary N) is 3. The molecule has 23 heavy (non-hydrogen) atoms. The molecule has 1 aromatic heterocycles. The van der Waals surface area contributed by atoms with Gasteiger partial charge in [-0.05, 0) is 32.6 Å². The Morgan fingerprint density at radius 2 is 2.17 bits per heavy atom. The summed E-state index contributed by atoms with van der Waals surface area (Å²) in [7, 11) is 0. The number of rotatable bonds is 5. The predicted octanol–water partition coefficient (Wildman–Crippen LogP) is 0.808. The average Bonchev–Trinajstić information content (AvgIpc) is 2.52. The Morgan fingerprint density at radius 3 is 2.96 bits per heavy atom. The SMILES string of the molecule is Cc1cc(=O)[nH]c(NCCN[C@H]2CCOC3(CCOCC3)C2)n1. The van der Waals surface area contributed by atoms with Crippen molar-refractivity contribution in [3.8, 4) is 0 Å². The molecule has 1 aromatic rings. The molecule has 3 heterocycles. The molecule has 0 amide bonds. The largest absolute Gasteiger partial charge is 0.381 e. The molecule has 0 bridgehead atoms. The van der Waals surface area contributed by atoms with E-state index >= 15 is 0 Å². The standard InChI is InChI=1S/C16H26N4O3/c1-12-10-14(21)20-15(19-12)18-6-5-17-13-2-7-23-16(11-13)3-8-22-9-4-16/h10,13,17H,2-9,11H2,1H3,(H2,18,19,20,21)/t13-/m0/s1. The van der Waals surface area contributed by atoms with Crippen molar-refractivity contribution in [2.45, 2.75) is 44.2 Å². The lowest BCUT2D eigenvalue weighted by atomic mass is 9.84. The third kappa shape index (κ3) is 4.53. The maximum Gasteiger partial charge on any atom is 0.252 e. The van der Waals surface area contributed by atoms with Crippen LogP contribution in [0.3, 0.4) is 0 Å². The van der Waals surface area contributed by atoms with Gasteiger partial charge in [0.05, 0.1) is 5.60 Å². The van der Waals surface area contributed by atoms with Gasteiger partial charge < -0.3 is 20.1 Å². The number of hydrogen-bond donors (Lipinski definition) is 3. The van der Waals surface area contributed by atoms with E-state index in [1.54, 1.807) is 0 Å². The first kappa shape index (κ1) is 16.4. The minimum Gasteiger partial charge on any atom is -0.381 e. The maximum absolute atomic E-state index is 11.4. The summed E-state index contributed by atoms with van der Waals surface area (Å²) in [6.07, 6.45) is 4.09. The van der Waals surface area contributed by atoms with E-state index in [0.717, 1.165) is 64.3 Å². The smallest absolute Gasteiger partial charge is 0.252 e. The second kappa shape index (κ2) is 7.42. The van der Waals surface area contributed by atoms with Crippen molar-refractivity contribution in [2.75, 3.05) is 38.2 Å². The number of aryl methyl sites for hydroxylation is 1. The van der Waals surface area contributed by atoms with E-state index in [4.69, 9.17) is 9.47 Å². The van der Waals surface area contributed by atoms with Crippen LogP contribution in [0.15, 0.2) is 10.9 Å². The lowest BCUT2D eigenvalue weighted by Crippen LogP contribution is -2.50. The highest BCUT2D eigenvalue weighted by Gasteiger charge is 2.38. The van der Waals surface area contributed by atoms with E-state index in [9.17, 15) is 4.79 Å². The quantitative estimate of drug-likeness (QED) is 0.695. The van der Waals surface area contributed by atoms with E-state index in [0.29, 0.717) is 12.0 Å². The summed E-state index contributed by atoms with van der Waals surface area (Å²) in [5.41, 5.74) is 0.610. The van der Waals surface area contributed by atoms with Crippen LogP contribution in [0, 0.1) is 6.92 Å². The maximum atomic E-state index is 11.4. The monoisotopic (exact) mass is 322 g/mol. The van der Waals surface area contributed by atoms with Crippen molar-refractivity contribution in [1.82, 2.24) is 15.3 Å². The fourth-order valence-corrected chi connectivity index (χ4v) is 3.41. The highest BCUT2D eigenvalue weighted by atomic mass is 16.5. The first-order chi connectivity index (χ1) is 11.2. The molecule has 3 rings (SSSR count). The third-order valence-corrected chi connectivity index (χ3v) is 4.62. The Balaban J connectivity index is 1.42. The number of nitrogens with zero attached hydrogens (tertiary/aromatic N) is 1. The van der Waals surface area contributed by atoms with E-state index in [-0.39, 0.29) is 11.2 Å². The zero-order valence-corrected chi connectivity index (χ0v) is 13.7. The molecule has 1 atom stereocenters. The van der Waals surface area contributed by atoms with Gasteiger partial charge in [-0.2, -0.15) is 0 Å². The van der Waals surface area contributed by atoms with Crippen LogP contribution in [0.4, 0.5) is 5.95 Å². The van der Waals surface area contributed by atoms with Gasteiger partial charge in [0.25, 0.3) is 5.56 Å². The van der Waals surface area contributed by atoms with Gasteiger partial charge in [0.2, 0.25) is 5.95 Å². The van der Waals surface area contributed by atoms with Gasteiger partial charge in [0.15, 0.2) is 0 Å². The summed E-state index contributed by atoms with van der Waals surface area (Å²) < 4.78 is 11.5. The minimum atomic E-state index is -0.126. The molecule has 7 nitrogen and oxygen atoms in total. The molecule has 128 valence electrons. The number of hydrogen-bond acceptors (Lipinski definition) is 6. The van der Waals surface area contributed by atoms with Gasteiger partial charge in [-0.25, -0.2) is 4.98 Å². The average molecular weight is 322 g/mol. The zero-order chi connectivity index (χ0) is 16.1. The molecule has 2 aliphatic heterocycles. The van der Waals surface area contributed by atoms with Gasteiger partial charge in [-0.15, -0.1) is 0 Å². The van der Waals surface area contributed by atoms with Crippen LogP contribution in [0.2, 0.25) is 0 Å². The fraction of sp³-hybridized carbons (Fsp3) is 0.750. The van der Waals surface area contributed by atoms with Gasteiger partial charge in [-0.3, -0.25) is 9.78 Å². The van der Waals surface area contributed by atoms with Crippen molar-refractivity contribution in [2.24, 2.45) is 0 Å². The van der Waals surface area contributed by atoms with Gasteiger partial charge >= 0.3 is 0 Å². The Morgan fingerprint density at radius 1 is 1.35 bits per heavy atom. The summed E-state index contributed by atoms with van der Waals surface area (Å²) in [4.78, 5) is 18.3. The summed E-state index contributed by atoms with van der Waals surface area (Å²) >= 11 is 0. The Kier molecular flexibility index (Phi) is 5.30. The second-order valence-corrected chi connectivity index (χ2v) is 6.45. The topological polar surface area (TPSA) is 88.3 Å². The molecule has 0 aromatic carbocycles. The van der Waals surface area contributed by atoms with E-state index in [1.807, 2.05) is 6.92 Å². The molecule has 2 fully saturated rings. The number of anilines is 1. The van der Waals surface area contributed by atoms with Crippen LogP contribution >= 0.6 is 0 Å². The third-order valence-electron chi connectivity index (χ3n) is 4.62. The summed E-state index contributed by atoms with van der Waals surface area (Å²) in [5.74, 6) is 0.532. The molecular formula is C16H26N4O3. The number of aromatic amines is 1. The van der Waals surface area contributed by atoms with Crippen molar-refractivity contribution in [3.63, 3.8) is 0 Å². The fourth-order valence-electron chi connectivity index (χ4n) is 3.41. The zero-order valence-electron chi connectivity index (χ0n) is 13.7. The van der Waals surface area contributed by atoms with Crippen molar-refractivity contribution >= 4 is 5.95 Å². The summed E-state index contributed by atoms with van der Waals surface area (Å²) in [6.45, 7) is 5.79. The molecule has 0 radical (unpaired) electrons. The second-order valence-electron chi connectivity index (χ2n) is 6.45. The lowest BCUT2D eigenvalue weighted by molar-refractivity contribution is -0.140. The molecule has 0 saturated carbocycles. The van der Waals surface area contributed by atoms with Crippen molar-refractivity contribution < 1.29 is 9.47 Å². The highest BCUT2D eigenvalue weighted by molar-refractivity contribution is 5.24. The van der Waals surface area contributed by atoms with Crippen LogP contribution in [-0.4, -0.2) is 54.5 Å². The predicted molar refractivity (Wildman–Crippen MR) is 87.8 cm³/mol. The molecule has 1 spiro atoms. The summed E-state index contributed by atoms with van der Waals surface area (Å²) in [5, 5.41) is 6.75. The lowest BCUT2D eigenvalue weighted by Gasteiger charge is -2.43. The molecule has 7 heteroatoms. The van der Waals surface area contributed by atoms with Crippen LogP contribution in [0.25, 0.3) is 0 Å². The first-order valence-electron chi connectivity index (χ1n) is 8.42. The molecule has 2 aliphatic rings. The van der Waals surface area contributed by atoms with Gasteiger partial charge in [0.1, 0.15) is 0 Å². The van der Waals surface area contributed by atoms with Crippen LogP contribution < -0.4 is 16.2 Å². The Hall–Kier alpha value is -1.44. The molecule has 0 aliphatic carbocycles. The molecule has 0 unspecified atom stereocenters. The Labute approximate surface area is 136 Å². The summed E-state index contributed by atoms with van der Waals surface area (Å²) in [6, 6.07) is 1.96. The first-order valence-corrected chi connectivity index (χ1v) is 8.42. The van der Waals surface area contributed by atoms with Crippen molar-refractivity contribution in [1.29, 1.82) is 0 Å². The van der Waals surface area contributed by atoms with Crippen LogP contribution in [0.1, 0.15) is 31.4 Å². The number of aromatic nitrogens is 2. The normalized spacial score (nSPS) is 23.8. The van der Waals surface area contributed by atoms with Gasteiger partial charge in [0, 0.05) is 50.7 Å². The van der Waals surface area contributed by atoms with E-state index < -0.39 is 0 Å². The minimum absolute atomic E-state index is 0.0188. The van der Waals surface area contributed by atoms with E-state index in [2.05, 4.69) is 20.6 Å². The molecule has 3 N–H and O–H groups in total.